The second-order valence-electron chi connectivity index (χ2n) is 3.97. The average molecular weight is 356 g/mol. The maximum absolute atomic E-state index is 11.9. The molecule has 1 heterocycles. The smallest absolute Gasteiger partial charge is 0.287 e. The fourth-order valence-corrected chi connectivity index (χ4v) is 2.87. The SMILES string of the molecule is Cc1ccc(C(=O)COc2cccc([N+](=O)[O-])c2Br)s1. The number of nitro benzene ring substituents is 1. The molecule has 0 aliphatic heterocycles. The third-order valence-corrected chi connectivity index (χ3v) is 4.35. The minimum atomic E-state index is -0.513. The molecule has 2 aromatic rings. The van der Waals surface area contributed by atoms with Crippen molar-refractivity contribution >= 4 is 38.7 Å². The molecule has 0 aliphatic rings. The number of ketones is 1. The lowest BCUT2D eigenvalue weighted by molar-refractivity contribution is -0.385. The molecule has 2 rings (SSSR count). The Hall–Kier alpha value is -1.73. The Morgan fingerprint density at radius 1 is 1.40 bits per heavy atom. The van der Waals surface area contributed by atoms with Crippen LogP contribution in [-0.2, 0) is 0 Å². The van der Waals surface area contributed by atoms with Gasteiger partial charge in [0.15, 0.2) is 6.61 Å². The van der Waals surface area contributed by atoms with Gasteiger partial charge in [-0.1, -0.05) is 6.07 Å². The van der Waals surface area contributed by atoms with E-state index in [-0.39, 0.29) is 28.3 Å². The van der Waals surface area contributed by atoms with Crippen LogP contribution in [0.3, 0.4) is 0 Å². The third-order valence-electron chi connectivity index (χ3n) is 2.51. The summed E-state index contributed by atoms with van der Waals surface area (Å²) in [6, 6.07) is 8.05. The number of carbonyl (C=O) groups excluding carboxylic acids is 1. The van der Waals surface area contributed by atoms with Gasteiger partial charge in [0.05, 0.1) is 9.80 Å². The fourth-order valence-electron chi connectivity index (χ4n) is 1.55. The van der Waals surface area contributed by atoms with Gasteiger partial charge >= 0.3 is 0 Å². The van der Waals surface area contributed by atoms with Gasteiger partial charge in [-0.05, 0) is 41.1 Å². The predicted octanol–water partition coefficient (Wildman–Crippen LogP) is 3.99. The van der Waals surface area contributed by atoms with Crippen LogP contribution in [0.4, 0.5) is 5.69 Å². The highest BCUT2D eigenvalue weighted by Crippen LogP contribution is 2.33. The molecule has 0 amide bonds. The van der Waals surface area contributed by atoms with Gasteiger partial charge in [-0.25, -0.2) is 0 Å². The standard InChI is InChI=1S/C13H10BrNO4S/c1-8-5-6-12(20-8)10(16)7-19-11-4-2-3-9(13(11)14)15(17)18/h2-6H,7H2,1H3. The summed E-state index contributed by atoms with van der Waals surface area (Å²) in [4.78, 5) is 23.8. The molecular formula is C13H10BrNO4S. The first-order chi connectivity index (χ1) is 9.49. The molecule has 0 unspecified atom stereocenters. The fraction of sp³-hybridized carbons (Fsp3) is 0.154. The van der Waals surface area contributed by atoms with Crippen LogP contribution < -0.4 is 4.74 Å². The highest BCUT2D eigenvalue weighted by molar-refractivity contribution is 9.10. The third kappa shape index (κ3) is 3.23. The van der Waals surface area contributed by atoms with Gasteiger partial charge in [0, 0.05) is 10.9 Å². The Morgan fingerprint density at radius 2 is 2.15 bits per heavy atom. The molecule has 0 atom stereocenters. The van der Waals surface area contributed by atoms with Crippen LogP contribution in [-0.4, -0.2) is 17.3 Å². The molecule has 1 aromatic carbocycles. The summed E-state index contributed by atoms with van der Waals surface area (Å²) in [6.07, 6.45) is 0. The normalized spacial score (nSPS) is 10.3. The summed E-state index contributed by atoms with van der Waals surface area (Å²) in [5, 5.41) is 10.8. The van der Waals surface area contributed by atoms with Gasteiger partial charge in [-0.15, -0.1) is 11.3 Å². The molecule has 0 N–H and O–H groups in total. The van der Waals surface area contributed by atoms with Crippen molar-refractivity contribution in [2.45, 2.75) is 6.92 Å². The van der Waals surface area contributed by atoms with E-state index in [4.69, 9.17) is 4.74 Å². The van der Waals surface area contributed by atoms with Gasteiger partial charge in [0.25, 0.3) is 5.69 Å². The van der Waals surface area contributed by atoms with E-state index >= 15 is 0 Å². The number of Topliss-reactive ketones (excluding diaryl/α,β-unsaturated/α-hetero) is 1. The molecule has 0 bridgehead atoms. The molecule has 7 heteroatoms. The summed E-state index contributed by atoms with van der Waals surface area (Å²) < 4.78 is 5.60. The van der Waals surface area contributed by atoms with Crippen LogP contribution in [0.5, 0.6) is 5.75 Å². The Balaban J connectivity index is 2.10. The number of rotatable bonds is 5. The maximum atomic E-state index is 11.9. The van der Waals surface area contributed by atoms with E-state index in [1.807, 2.05) is 13.0 Å². The van der Waals surface area contributed by atoms with Crippen LogP contribution in [0.1, 0.15) is 14.5 Å². The Labute approximate surface area is 127 Å². The van der Waals surface area contributed by atoms with Gasteiger partial charge in [-0.2, -0.15) is 0 Å². The van der Waals surface area contributed by atoms with E-state index in [2.05, 4.69) is 15.9 Å². The summed E-state index contributed by atoms with van der Waals surface area (Å²) in [6.45, 7) is 1.76. The zero-order valence-electron chi connectivity index (χ0n) is 10.5. The number of nitrogens with zero attached hydrogens (tertiary/aromatic N) is 1. The van der Waals surface area contributed by atoms with Crippen molar-refractivity contribution in [1.29, 1.82) is 0 Å². The quantitative estimate of drug-likeness (QED) is 0.461. The Bertz CT molecular complexity index is 668. The number of thiophene rings is 1. The minimum Gasteiger partial charge on any atom is -0.484 e. The van der Waals surface area contributed by atoms with Crippen molar-refractivity contribution in [3.8, 4) is 5.75 Å². The molecule has 0 aliphatic carbocycles. The van der Waals surface area contributed by atoms with E-state index in [0.717, 1.165) is 4.88 Å². The van der Waals surface area contributed by atoms with Crippen LogP contribution in [0.15, 0.2) is 34.8 Å². The summed E-state index contributed by atoms with van der Waals surface area (Å²) in [7, 11) is 0. The monoisotopic (exact) mass is 355 g/mol. The number of hydrogen-bond acceptors (Lipinski definition) is 5. The van der Waals surface area contributed by atoms with Crippen molar-refractivity contribution in [3.63, 3.8) is 0 Å². The van der Waals surface area contributed by atoms with Crippen molar-refractivity contribution in [2.75, 3.05) is 6.61 Å². The summed E-state index contributed by atoms with van der Waals surface area (Å²) in [5.74, 6) is 0.127. The first-order valence-electron chi connectivity index (χ1n) is 5.64. The predicted molar refractivity (Wildman–Crippen MR) is 79.7 cm³/mol. The highest BCUT2D eigenvalue weighted by Gasteiger charge is 2.17. The van der Waals surface area contributed by atoms with E-state index < -0.39 is 4.92 Å². The van der Waals surface area contributed by atoms with Crippen molar-refractivity contribution < 1.29 is 14.5 Å². The second-order valence-corrected chi connectivity index (χ2v) is 6.05. The van der Waals surface area contributed by atoms with Crippen molar-refractivity contribution in [2.24, 2.45) is 0 Å². The van der Waals surface area contributed by atoms with Gasteiger partial charge < -0.3 is 4.74 Å². The van der Waals surface area contributed by atoms with Crippen LogP contribution in [0, 0.1) is 17.0 Å². The zero-order valence-corrected chi connectivity index (χ0v) is 12.9. The first-order valence-corrected chi connectivity index (χ1v) is 7.25. The largest absolute Gasteiger partial charge is 0.484 e. The lowest BCUT2D eigenvalue weighted by Gasteiger charge is -2.06. The molecule has 1 aromatic heterocycles. The second kappa shape index (κ2) is 6.15. The van der Waals surface area contributed by atoms with Crippen LogP contribution in [0.25, 0.3) is 0 Å². The van der Waals surface area contributed by atoms with Gasteiger partial charge in [0.1, 0.15) is 10.2 Å². The number of hydrogen-bond donors (Lipinski definition) is 0. The molecule has 0 saturated heterocycles. The minimum absolute atomic E-state index is 0.0954. The van der Waals surface area contributed by atoms with Crippen LogP contribution in [0.2, 0.25) is 0 Å². The van der Waals surface area contributed by atoms with Crippen LogP contribution >= 0.6 is 27.3 Å². The Morgan fingerprint density at radius 3 is 2.75 bits per heavy atom. The Kier molecular flexibility index (Phi) is 4.51. The molecule has 0 fully saturated rings. The van der Waals surface area contributed by atoms with Crippen molar-refractivity contribution in [3.05, 3.63) is 54.7 Å². The number of benzene rings is 1. The molecule has 0 saturated carbocycles. The molecular weight excluding hydrogens is 346 g/mol. The molecule has 104 valence electrons. The van der Waals surface area contributed by atoms with Gasteiger partial charge in [-0.3, -0.25) is 14.9 Å². The molecule has 20 heavy (non-hydrogen) atoms. The van der Waals surface area contributed by atoms with E-state index in [9.17, 15) is 14.9 Å². The lowest BCUT2D eigenvalue weighted by Crippen LogP contribution is -2.10. The molecule has 5 nitrogen and oxygen atoms in total. The summed E-state index contributed by atoms with van der Waals surface area (Å²) >= 11 is 4.51. The molecule has 0 radical (unpaired) electrons. The average Bonchev–Trinajstić information content (AvgIpc) is 2.83. The number of carbonyl (C=O) groups is 1. The van der Waals surface area contributed by atoms with Crippen molar-refractivity contribution in [1.82, 2.24) is 0 Å². The number of ether oxygens (including phenoxy) is 1. The van der Waals surface area contributed by atoms with E-state index in [0.29, 0.717) is 4.88 Å². The maximum Gasteiger partial charge on any atom is 0.287 e. The van der Waals surface area contributed by atoms with E-state index in [1.54, 1.807) is 12.1 Å². The lowest BCUT2D eigenvalue weighted by atomic mass is 10.3. The van der Waals surface area contributed by atoms with Gasteiger partial charge in [0.2, 0.25) is 5.78 Å². The number of halogens is 1. The zero-order chi connectivity index (χ0) is 14.7. The number of aryl methyl sites for hydroxylation is 1. The molecule has 0 spiro atoms. The number of nitro groups is 1. The van der Waals surface area contributed by atoms with E-state index in [1.165, 1.54) is 23.5 Å². The first kappa shape index (κ1) is 14.7. The summed E-state index contributed by atoms with van der Waals surface area (Å²) in [5.41, 5.74) is -0.0954. The highest BCUT2D eigenvalue weighted by atomic mass is 79.9. The topological polar surface area (TPSA) is 69.4 Å².